The molecule has 0 amide bonds. The van der Waals surface area contributed by atoms with Crippen LogP contribution >= 0.6 is 0 Å². The van der Waals surface area contributed by atoms with Crippen LogP contribution in [-0.4, -0.2) is 30.2 Å². The quantitative estimate of drug-likeness (QED) is 0.560. The van der Waals surface area contributed by atoms with Crippen LogP contribution in [0.2, 0.25) is 0 Å². The number of rotatable bonds is 0. The van der Waals surface area contributed by atoms with Crippen LogP contribution in [0.5, 0.6) is 0 Å². The Labute approximate surface area is 78.6 Å². The maximum absolute atomic E-state index is 8.79. The third-order valence-corrected chi connectivity index (χ3v) is 2.86. The van der Waals surface area contributed by atoms with Gasteiger partial charge in [0.1, 0.15) is 0 Å². The molecule has 2 aliphatic rings. The van der Waals surface area contributed by atoms with E-state index in [1.165, 1.54) is 0 Å². The number of hydrogen-bond donors (Lipinski definition) is 0. The zero-order valence-corrected chi connectivity index (χ0v) is 8.03. The molecule has 0 radical (unpaired) electrons. The summed E-state index contributed by atoms with van der Waals surface area (Å²) in [6, 6.07) is 2.68. The van der Waals surface area contributed by atoms with Crippen molar-refractivity contribution in [1.82, 2.24) is 4.90 Å². The number of nitrogens with zero attached hydrogens (tertiary/aromatic N) is 2. The lowest BCUT2D eigenvalue weighted by Crippen LogP contribution is -2.38. The van der Waals surface area contributed by atoms with E-state index in [9.17, 15) is 0 Å². The van der Waals surface area contributed by atoms with Gasteiger partial charge in [-0.3, -0.25) is 0 Å². The van der Waals surface area contributed by atoms with E-state index >= 15 is 0 Å². The minimum absolute atomic E-state index is 0.236. The highest BCUT2D eigenvalue weighted by Crippen LogP contribution is 2.32. The maximum atomic E-state index is 8.79. The first-order valence-electron chi connectivity index (χ1n) is 4.69. The van der Waals surface area contributed by atoms with Gasteiger partial charge < -0.3 is 9.64 Å². The monoisotopic (exact) mass is 178 g/mol. The molecule has 2 aliphatic heterocycles. The first-order chi connectivity index (χ1) is 6.20. The second-order valence-corrected chi connectivity index (χ2v) is 3.92. The number of fused-ring (bicyclic) bond motifs is 1. The van der Waals surface area contributed by atoms with E-state index in [0.29, 0.717) is 12.1 Å². The fraction of sp³-hybridized carbons (Fsp3) is 0.700. The molecule has 3 heteroatoms. The van der Waals surface area contributed by atoms with Crippen LogP contribution in [0.3, 0.4) is 0 Å². The molecule has 0 unspecified atom stereocenters. The SMILES string of the molecule is C[C@H]1C[C@@H]2[C@@H](CC(C#N)=CN2C)O1. The highest BCUT2D eigenvalue weighted by atomic mass is 16.5. The van der Waals surface area contributed by atoms with Crippen molar-refractivity contribution in [3.05, 3.63) is 11.8 Å². The van der Waals surface area contributed by atoms with Gasteiger partial charge in [-0.1, -0.05) is 0 Å². The summed E-state index contributed by atoms with van der Waals surface area (Å²) in [4.78, 5) is 2.12. The van der Waals surface area contributed by atoms with Crippen LogP contribution in [0.1, 0.15) is 19.8 Å². The van der Waals surface area contributed by atoms with Crippen LogP contribution in [-0.2, 0) is 4.74 Å². The second-order valence-electron chi connectivity index (χ2n) is 3.92. The molecule has 1 fully saturated rings. The zero-order valence-electron chi connectivity index (χ0n) is 8.03. The second kappa shape index (κ2) is 3.04. The Morgan fingerprint density at radius 2 is 2.46 bits per heavy atom. The Bertz CT molecular complexity index is 279. The van der Waals surface area contributed by atoms with Crippen LogP contribution < -0.4 is 0 Å². The summed E-state index contributed by atoms with van der Waals surface area (Å²) in [7, 11) is 2.02. The van der Waals surface area contributed by atoms with Gasteiger partial charge in [0.25, 0.3) is 0 Å². The van der Waals surface area contributed by atoms with E-state index in [1.54, 1.807) is 0 Å². The van der Waals surface area contributed by atoms with Gasteiger partial charge in [0, 0.05) is 25.2 Å². The van der Waals surface area contributed by atoms with Gasteiger partial charge in [-0.25, -0.2) is 0 Å². The summed E-state index contributed by atoms with van der Waals surface area (Å²) in [5.74, 6) is 0. The van der Waals surface area contributed by atoms with Crippen molar-refractivity contribution in [1.29, 1.82) is 5.26 Å². The van der Waals surface area contributed by atoms with E-state index in [2.05, 4.69) is 17.9 Å². The lowest BCUT2D eigenvalue weighted by Gasteiger charge is -2.31. The molecule has 3 atom stereocenters. The predicted molar refractivity (Wildman–Crippen MR) is 48.8 cm³/mol. The van der Waals surface area contributed by atoms with Crippen LogP contribution in [0.15, 0.2) is 11.8 Å². The Morgan fingerprint density at radius 3 is 3.15 bits per heavy atom. The van der Waals surface area contributed by atoms with Gasteiger partial charge in [0.05, 0.1) is 24.3 Å². The van der Waals surface area contributed by atoms with Crippen molar-refractivity contribution >= 4 is 0 Å². The molecular formula is C10H14N2O. The van der Waals surface area contributed by atoms with Crippen molar-refractivity contribution in [2.45, 2.75) is 38.0 Å². The molecule has 0 saturated carbocycles. The van der Waals surface area contributed by atoms with Gasteiger partial charge in [-0.05, 0) is 13.3 Å². The normalized spacial score (nSPS) is 38.1. The Hall–Kier alpha value is -1.01. The summed E-state index contributed by atoms with van der Waals surface area (Å²) in [5.41, 5.74) is 0.831. The van der Waals surface area contributed by atoms with Gasteiger partial charge in [-0.15, -0.1) is 0 Å². The molecule has 2 heterocycles. The Kier molecular flexibility index (Phi) is 2.01. The third-order valence-electron chi connectivity index (χ3n) is 2.86. The van der Waals surface area contributed by atoms with Crippen molar-refractivity contribution < 1.29 is 4.74 Å². The molecule has 70 valence electrons. The zero-order chi connectivity index (χ0) is 9.42. The predicted octanol–water partition coefficient (Wildman–Crippen LogP) is 1.28. The molecule has 1 saturated heterocycles. The van der Waals surface area contributed by atoms with E-state index < -0.39 is 0 Å². The van der Waals surface area contributed by atoms with Crippen molar-refractivity contribution in [2.75, 3.05) is 7.05 Å². The topological polar surface area (TPSA) is 36.3 Å². The summed E-state index contributed by atoms with van der Waals surface area (Å²) >= 11 is 0. The molecule has 0 spiro atoms. The Balaban J connectivity index is 2.17. The average molecular weight is 178 g/mol. The summed E-state index contributed by atoms with van der Waals surface area (Å²) < 4.78 is 5.73. The molecule has 0 aliphatic carbocycles. The molecule has 0 aromatic rings. The molecule has 0 aromatic heterocycles. The first kappa shape index (κ1) is 8.58. The summed E-state index contributed by atoms with van der Waals surface area (Å²) in [6.45, 7) is 2.10. The van der Waals surface area contributed by atoms with Gasteiger partial charge in [0.15, 0.2) is 0 Å². The van der Waals surface area contributed by atoms with Crippen LogP contribution in [0.25, 0.3) is 0 Å². The van der Waals surface area contributed by atoms with Gasteiger partial charge >= 0.3 is 0 Å². The molecule has 3 nitrogen and oxygen atoms in total. The highest BCUT2D eigenvalue weighted by molar-refractivity contribution is 5.25. The minimum atomic E-state index is 0.236. The number of likely N-dealkylation sites (N-methyl/N-ethyl adjacent to an activating group) is 1. The van der Waals surface area contributed by atoms with E-state index in [4.69, 9.17) is 10.00 Å². The minimum Gasteiger partial charge on any atom is -0.374 e. The largest absolute Gasteiger partial charge is 0.374 e. The highest BCUT2D eigenvalue weighted by Gasteiger charge is 2.37. The van der Waals surface area contributed by atoms with E-state index in [1.807, 2.05) is 13.2 Å². The average Bonchev–Trinajstić information content (AvgIpc) is 2.46. The van der Waals surface area contributed by atoms with E-state index in [0.717, 1.165) is 18.4 Å². The molecule has 13 heavy (non-hydrogen) atoms. The van der Waals surface area contributed by atoms with Crippen molar-refractivity contribution in [2.24, 2.45) is 0 Å². The van der Waals surface area contributed by atoms with Crippen LogP contribution in [0, 0.1) is 11.3 Å². The number of ether oxygens (including phenoxy) is 1. The molecule has 0 aromatic carbocycles. The molecular weight excluding hydrogens is 164 g/mol. The lowest BCUT2D eigenvalue weighted by atomic mass is 9.97. The van der Waals surface area contributed by atoms with Crippen molar-refractivity contribution in [3.63, 3.8) is 0 Å². The Morgan fingerprint density at radius 1 is 1.69 bits per heavy atom. The summed E-state index contributed by atoms with van der Waals surface area (Å²) in [6.07, 6.45) is 4.39. The van der Waals surface area contributed by atoms with E-state index in [-0.39, 0.29) is 6.10 Å². The fourth-order valence-electron chi connectivity index (χ4n) is 2.23. The number of hydrogen-bond acceptors (Lipinski definition) is 3. The molecule has 0 N–H and O–H groups in total. The van der Waals surface area contributed by atoms with Crippen molar-refractivity contribution in [3.8, 4) is 6.07 Å². The molecule has 0 bridgehead atoms. The molecule has 2 rings (SSSR count). The van der Waals surface area contributed by atoms with Crippen LogP contribution in [0.4, 0.5) is 0 Å². The standard InChI is InChI=1S/C10H14N2O/c1-7-3-9-10(13-7)4-8(5-11)6-12(9)2/h6-7,9-10H,3-4H2,1-2H3/t7-,9+,10+/m0/s1. The number of nitriles is 1. The first-order valence-corrected chi connectivity index (χ1v) is 4.69. The maximum Gasteiger partial charge on any atom is 0.0963 e. The lowest BCUT2D eigenvalue weighted by molar-refractivity contribution is 0.0356. The smallest absolute Gasteiger partial charge is 0.0963 e. The van der Waals surface area contributed by atoms with Gasteiger partial charge in [-0.2, -0.15) is 5.26 Å². The fourth-order valence-corrected chi connectivity index (χ4v) is 2.23. The summed E-state index contributed by atoms with van der Waals surface area (Å²) in [5, 5.41) is 8.79. The third kappa shape index (κ3) is 1.42. The van der Waals surface area contributed by atoms with Gasteiger partial charge in [0.2, 0.25) is 0 Å².